The van der Waals surface area contributed by atoms with Gasteiger partial charge in [-0.05, 0) is 37.8 Å². The Morgan fingerprint density at radius 2 is 2.14 bits per heavy atom. The Morgan fingerprint density at radius 3 is 2.71 bits per heavy atom. The monoisotopic (exact) mass is 293 g/mol. The molecule has 1 aliphatic carbocycles. The van der Waals surface area contributed by atoms with Gasteiger partial charge < -0.3 is 15.7 Å². The number of nitrogens with two attached hydrogens (primary N) is 1. The van der Waals surface area contributed by atoms with E-state index in [0.29, 0.717) is 13.0 Å². The molecule has 1 amide bonds. The Bertz CT molecular complexity index is 543. The topological polar surface area (TPSA) is 110 Å². The van der Waals surface area contributed by atoms with Crippen LogP contribution in [0.25, 0.3) is 0 Å². The summed E-state index contributed by atoms with van der Waals surface area (Å²) < 4.78 is 0. The van der Waals surface area contributed by atoms with Crippen LogP contribution in [0.2, 0.25) is 0 Å². The molecule has 7 heteroatoms. The smallest absolute Gasteiger partial charge is 0.292 e. The summed E-state index contributed by atoms with van der Waals surface area (Å²) in [7, 11) is 0. The number of amides is 1. The van der Waals surface area contributed by atoms with E-state index < -0.39 is 4.92 Å². The van der Waals surface area contributed by atoms with E-state index in [9.17, 15) is 14.9 Å². The van der Waals surface area contributed by atoms with E-state index in [2.05, 4.69) is 0 Å². The van der Waals surface area contributed by atoms with Crippen molar-refractivity contribution in [3.63, 3.8) is 0 Å². The van der Waals surface area contributed by atoms with Crippen LogP contribution in [0.15, 0.2) is 18.2 Å². The largest absolute Gasteiger partial charge is 0.396 e. The fourth-order valence-corrected chi connectivity index (χ4v) is 2.23. The van der Waals surface area contributed by atoms with Crippen molar-refractivity contribution in [1.29, 1.82) is 0 Å². The number of carbonyl (C=O) groups is 1. The molecule has 0 aliphatic heterocycles. The molecule has 0 unspecified atom stereocenters. The molecule has 7 nitrogen and oxygen atoms in total. The number of carbonyl (C=O) groups excluding carboxylic acids is 1. The van der Waals surface area contributed by atoms with Crippen LogP contribution in [0, 0.1) is 10.1 Å². The van der Waals surface area contributed by atoms with E-state index in [4.69, 9.17) is 10.8 Å². The molecular weight excluding hydrogens is 274 g/mol. The van der Waals surface area contributed by atoms with Crippen LogP contribution in [-0.2, 0) is 0 Å². The first-order valence-electron chi connectivity index (χ1n) is 7.00. The fraction of sp³-hybridized carbons (Fsp3) is 0.500. The lowest BCUT2D eigenvalue weighted by molar-refractivity contribution is -0.383. The van der Waals surface area contributed by atoms with E-state index in [1.54, 1.807) is 4.90 Å². The number of benzene rings is 1. The molecule has 0 atom stereocenters. The molecule has 3 N–H and O–H groups in total. The van der Waals surface area contributed by atoms with Gasteiger partial charge in [0.25, 0.3) is 11.6 Å². The van der Waals surface area contributed by atoms with Crippen molar-refractivity contribution in [2.45, 2.75) is 31.7 Å². The number of aliphatic hydroxyl groups excluding tert-OH is 1. The predicted octanol–water partition coefficient (Wildman–Crippen LogP) is 1.55. The molecular formula is C14H19N3O4. The third kappa shape index (κ3) is 3.69. The first-order chi connectivity index (χ1) is 10.0. The van der Waals surface area contributed by atoms with Crippen LogP contribution in [0.1, 0.15) is 36.0 Å². The lowest BCUT2D eigenvalue weighted by Crippen LogP contribution is -2.34. The van der Waals surface area contributed by atoms with Crippen LogP contribution in [0.4, 0.5) is 11.4 Å². The summed E-state index contributed by atoms with van der Waals surface area (Å²) in [5, 5.41) is 19.7. The molecule has 0 saturated heterocycles. The minimum Gasteiger partial charge on any atom is -0.396 e. The average Bonchev–Trinajstić information content (AvgIpc) is 3.28. The highest BCUT2D eigenvalue weighted by molar-refractivity contribution is 5.96. The number of aliphatic hydroxyl groups is 1. The molecule has 1 aromatic carbocycles. The summed E-state index contributed by atoms with van der Waals surface area (Å²) in [5.74, 6) is -0.210. The van der Waals surface area contributed by atoms with E-state index in [0.717, 1.165) is 19.3 Å². The minimum absolute atomic E-state index is 0.0507. The molecule has 2 rings (SSSR count). The molecule has 1 aromatic rings. The molecule has 1 aliphatic rings. The van der Waals surface area contributed by atoms with Crippen molar-refractivity contribution >= 4 is 17.3 Å². The zero-order valence-corrected chi connectivity index (χ0v) is 11.7. The Hall–Kier alpha value is -2.15. The Kier molecular flexibility index (Phi) is 4.74. The van der Waals surface area contributed by atoms with Gasteiger partial charge in [0.15, 0.2) is 0 Å². The van der Waals surface area contributed by atoms with Crippen molar-refractivity contribution in [1.82, 2.24) is 4.90 Å². The van der Waals surface area contributed by atoms with E-state index in [1.165, 1.54) is 18.2 Å². The molecule has 0 bridgehead atoms. The van der Waals surface area contributed by atoms with E-state index in [1.807, 2.05) is 0 Å². The number of anilines is 1. The number of nitrogens with zero attached hydrogens (tertiary/aromatic N) is 2. The van der Waals surface area contributed by atoms with Gasteiger partial charge in [-0.3, -0.25) is 14.9 Å². The summed E-state index contributed by atoms with van der Waals surface area (Å²) in [6.45, 7) is 0.655. The maximum Gasteiger partial charge on any atom is 0.292 e. The highest BCUT2D eigenvalue weighted by Gasteiger charge is 2.33. The Labute approximate surface area is 122 Å². The van der Waals surface area contributed by atoms with E-state index in [-0.39, 0.29) is 35.5 Å². The second-order valence-electron chi connectivity index (χ2n) is 5.19. The normalized spacial score (nSPS) is 14.0. The zero-order chi connectivity index (χ0) is 15.4. The second kappa shape index (κ2) is 6.53. The zero-order valence-electron chi connectivity index (χ0n) is 11.7. The number of hydrogen-bond acceptors (Lipinski definition) is 5. The highest BCUT2D eigenvalue weighted by atomic mass is 16.6. The van der Waals surface area contributed by atoms with Gasteiger partial charge in [-0.15, -0.1) is 0 Å². The summed E-state index contributed by atoms with van der Waals surface area (Å²) in [5.41, 5.74) is 5.63. The van der Waals surface area contributed by atoms with Gasteiger partial charge in [0.2, 0.25) is 0 Å². The predicted molar refractivity (Wildman–Crippen MR) is 77.9 cm³/mol. The molecule has 21 heavy (non-hydrogen) atoms. The third-order valence-corrected chi connectivity index (χ3v) is 3.53. The van der Waals surface area contributed by atoms with Gasteiger partial charge in [-0.25, -0.2) is 0 Å². The van der Waals surface area contributed by atoms with Gasteiger partial charge >= 0.3 is 0 Å². The highest BCUT2D eigenvalue weighted by Crippen LogP contribution is 2.30. The maximum atomic E-state index is 12.5. The van der Waals surface area contributed by atoms with Crippen LogP contribution in [0.3, 0.4) is 0 Å². The molecule has 114 valence electrons. The number of unbranched alkanes of at least 4 members (excludes halogenated alkanes) is 1. The quantitative estimate of drug-likeness (QED) is 0.343. The minimum atomic E-state index is -0.584. The van der Waals surface area contributed by atoms with Crippen LogP contribution >= 0.6 is 0 Å². The summed E-state index contributed by atoms with van der Waals surface area (Å²) in [6, 6.07) is 4.36. The van der Waals surface area contributed by atoms with Crippen molar-refractivity contribution in [2.24, 2.45) is 0 Å². The number of nitrogen functional groups attached to an aromatic ring is 1. The van der Waals surface area contributed by atoms with Gasteiger partial charge in [0.1, 0.15) is 5.69 Å². The molecule has 1 fully saturated rings. The van der Waals surface area contributed by atoms with Crippen molar-refractivity contribution in [3.8, 4) is 0 Å². The molecule has 0 spiro atoms. The number of rotatable bonds is 7. The first-order valence-corrected chi connectivity index (χ1v) is 7.00. The fourth-order valence-electron chi connectivity index (χ4n) is 2.23. The van der Waals surface area contributed by atoms with Gasteiger partial charge in [0.05, 0.1) is 4.92 Å². The maximum absolute atomic E-state index is 12.5. The summed E-state index contributed by atoms with van der Waals surface area (Å²) >= 11 is 0. The van der Waals surface area contributed by atoms with Crippen molar-refractivity contribution in [2.75, 3.05) is 18.9 Å². The standard InChI is InChI=1S/C14H19N3O4/c15-12-6-3-10(9-13(12)17(20)21)14(19)16(11-4-5-11)7-1-2-8-18/h3,6,9,11,18H,1-2,4-5,7-8,15H2. The lowest BCUT2D eigenvalue weighted by Gasteiger charge is -2.22. The van der Waals surface area contributed by atoms with Crippen molar-refractivity contribution < 1.29 is 14.8 Å². The summed E-state index contributed by atoms with van der Waals surface area (Å²) in [6.07, 6.45) is 3.28. The van der Waals surface area contributed by atoms with Crippen LogP contribution in [0.5, 0.6) is 0 Å². The third-order valence-electron chi connectivity index (χ3n) is 3.53. The Balaban J connectivity index is 2.16. The van der Waals surface area contributed by atoms with Crippen LogP contribution in [-0.4, -0.2) is 40.0 Å². The first kappa shape index (κ1) is 15.2. The van der Waals surface area contributed by atoms with Gasteiger partial charge in [-0.2, -0.15) is 0 Å². The molecule has 0 radical (unpaired) electrons. The second-order valence-corrected chi connectivity index (χ2v) is 5.19. The molecule has 0 aromatic heterocycles. The van der Waals surface area contributed by atoms with Gasteiger partial charge in [-0.1, -0.05) is 0 Å². The number of nitro groups is 1. The Morgan fingerprint density at radius 1 is 1.43 bits per heavy atom. The van der Waals surface area contributed by atoms with Crippen molar-refractivity contribution in [3.05, 3.63) is 33.9 Å². The molecule has 1 saturated carbocycles. The summed E-state index contributed by atoms with van der Waals surface area (Å²) in [4.78, 5) is 24.6. The van der Waals surface area contributed by atoms with Gasteiger partial charge in [0, 0.05) is 30.8 Å². The van der Waals surface area contributed by atoms with Crippen LogP contribution < -0.4 is 5.73 Å². The molecule has 0 heterocycles. The lowest BCUT2D eigenvalue weighted by atomic mass is 10.1. The number of hydrogen-bond donors (Lipinski definition) is 2. The average molecular weight is 293 g/mol. The number of nitro benzene ring substituents is 1. The van der Waals surface area contributed by atoms with E-state index >= 15 is 0 Å². The SMILES string of the molecule is Nc1ccc(C(=O)N(CCCCO)C2CC2)cc1[N+](=O)[O-].